The maximum atomic E-state index is 12.4. The van der Waals surface area contributed by atoms with E-state index in [-0.39, 0.29) is 17.5 Å². The van der Waals surface area contributed by atoms with Crippen LogP contribution in [0, 0.1) is 5.92 Å². The average molecular weight is 313 g/mol. The van der Waals surface area contributed by atoms with Gasteiger partial charge in [-0.05, 0) is 31.9 Å². The smallest absolute Gasteiger partial charge is 0.168 e. The summed E-state index contributed by atoms with van der Waals surface area (Å²) in [7, 11) is 0. The largest absolute Gasteiger partial charge is 0.511 e. The molecular formula is C16H27NO3S. The van der Waals surface area contributed by atoms with Crippen LogP contribution in [0.1, 0.15) is 52.9 Å². The Labute approximate surface area is 132 Å². The standard InChI is InChI=1S/C16H27NO3S/c1-5-7-13(17-20-6-2)16-14(18)9-12(10-15(16)19)8-11(3)21-4/h11-12,18H,5-10H2,1-4H3/b17-13+. The van der Waals surface area contributed by atoms with Crippen LogP contribution < -0.4 is 0 Å². The van der Waals surface area contributed by atoms with E-state index in [0.29, 0.717) is 42.4 Å². The van der Waals surface area contributed by atoms with Crippen molar-refractivity contribution in [1.29, 1.82) is 0 Å². The second-order valence-corrected chi connectivity index (χ2v) is 6.78. The number of aliphatic hydroxyl groups is 1. The van der Waals surface area contributed by atoms with Crippen LogP contribution in [0.4, 0.5) is 0 Å². The van der Waals surface area contributed by atoms with Crippen LogP contribution in [0.2, 0.25) is 0 Å². The van der Waals surface area contributed by atoms with Crippen LogP contribution in [-0.4, -0.2) is 34.7 Å². The Kier molecular flexibility index (Phi) is 7.86. The minimum Gasteiger partial charge on any atom is -0.511 e. The van der Waals surface area contributed by atoms with Gasteiger partial charge in [-0.2, -0.15) is 11.8 Å². The van der Waals surface area contributed by atoms with E-state index in [1.54, 1.807) is 11.8 Å². The van der Waals surface area contributed by atoms with E-state index in [1.165, 1.54) is 0 Å². The molecule has 1 aliphatic carbocycles. The molecule has 2 atom stereocenters. The van der Waals surface area contributed by atoms with E-state index in [9.17, 15) is 9.90 Å². The third-order valence-electron chi connectivity index (χ3n) is 3.67. The summed E-state index contributed by atoms with van der Waals surface area (Å²) < 4.78 is 0. The second kappa shape index (κ2) is 9.13. The Hall–Kier alpha value is -0.970. The summed E-state index contributed by atoms with van der Waals surface area (Å²) in [6.07, 6.45) is 5.61. The predicted molar refractivity (Wildman–Crippen MR) is 88.9 cm³/mol. The summed E-state index contributed by atoms with van der Waals surface area (Å²) in [6, 6.07) is 0. The summed E-state index contributed by atoms with van der Waals surface area (Å²) in [5.74, 6) is 0.430. The molecule has 120 valence electrons. The lowest BCUT2D eigenvalue weighted by atomic mass is 9.82. The van der Waals surface area contributed by atoms with Gasteiger partial charge in [0.2, 0.25) is 0 Å². The quantitative estimate of drug-likeness (QED) is 0.541. The van der Waals surface area contributed by atoms with Crippen LogP contribution in [0.15, 0.2) is 16.5 Å². The molecule has 0 spiro atoms. The number of rotatable bonds is 8. The minimum absolute atomic E-state index is 0.00366. The first-order valence-corrected chi connectivity index (χ1v) is 8.99. The van der Waals surface area contributed by atoms with Crippen molar-refractivity contribution >= 4 is 23.3 Å². The van der Waals surface area contributed by atoms with E-state index < -0.39 is 0 Å². The van der Waals surface area contributed by atoms with Gasteiger partial charge in [-0.25, -0.2) is 0 Å². The molecule has 5 heteroatoms. The Bertz CT molecular complexity index is 418. The fourth-order valence-corrected chi connectivity index (χ4v) is 3.09. The lowest BCUT2D eigenvalue weighted by molar-refractivity contribution is -0.116. The maximum Gasteiger partial charge on any atom is 0.168 e. The van der Waals surface area contributed by atoms with E-state index >= 15 is 0 Å². The summed E-state index contributed by atoms with van der Waals surface area (Å²) in [5.41, 5.74) is 0.997. The first-order valence-electron chi connectivity index (χ1n) is 7.70. The van der Waals surface area contributed by atoms with Gasteiger partial charge >= 0.3 is 0 Å². The molecule has 0 amide bonds. The molecule has 0 radical (unpaired) electrons. The van der Waals surface area contributed by atoms with Crippen molar-refractivity contribution in [2.75, 3.05) is 12.9 Å². The fraction of sp³-hybridized carbons (Fsp3) is 0.750. The van der Waals surface area contributed by atoms with Crippen LogP contribution >= 0.6 is 11.8 Å². The monoisotopic (exact) mass is 313 g/mol. The van der Waals surface area contributed by atoms with Crippen LogP contribution in [0.3, 0.4) is 0 Å². The van der Waals surface area contributed by atoms with Gasteiger partial charge < -0.3 is 9.94 Å². The fourth-order valence-electron chi connectivity index (χ4n) is 2.63. The van der Waals surface area contributed by atoms with E-state index in [2.05, 4.69) is 18.3 Å². The number of aliphatic hydroxyl groups excluding tert-OH is 1. The Morgan fingerprint density at radius 2 is 2.19 bits per heavy atom. The zero-order valence-corrected chi connectivity index (χ0v) is 14.3. The van der Waals surface area contributed by atoms with Gasteiger partial charge in [-0.15, -0.1) is 0 Å². The second-order valence-electron chi connectivity index (χ2n) is 5.51. The normalized spacial score (nSPS) is 21.6. The molecule has 0 heterocycles. The van der Waals surface area contributed by atoms with Crippen molar-refractivity contribution in [1.82, 2.24) is 0 Å². The highest BCUT2D eigenvalue weighted by molar-refractivity contribution is 7.99. The van der Waals surface area contributed by atoms with Crippen molar-refractivity contribution in [3.05, 3.63) is 11.3 Å². The number of hydrogen-bond donors (Lipinski definition) is 1. The molecule has 1 rings (SSSR count). The number of carbonyl (C=O) groups is 1. The zero-order chi connectivity index (χ0) is 15.8. The third-order valence-corrected chi connectivity index (χ3v) is 4.67. The van der Waals surface area contributed by atoms with Crippen molar-refractivity contribution in [3.63, 3.8) is 0 Å². The van der Waals surface area contributed by atoms with Crippen molar-refractivity contribution in [2.24, 2.45) is 11.1 Å². The molecule has 0 aromatic rings. The van der Waals surface area contributed by atoms with Gasteiger partial charge in [0.05, 0.1) is 11.3 Å². The number of Topliss-reactive ketones (excluding diaryl/α,β-unsaturated/α-hetero) is 1. The molecule has 0 saturated heterocycles. The highest BCUT2D eigenvalue weighted by Gasteiger charge is 2.31. The summed E-state index contributed by atoms with van der Waals surface area (Å²) in [6.45, 7) is 6.49. The maximum absolute atomic E-state index is 12.4. The van der Waals surface area contributed by atoms with Crippen molar-refractivity contribution in [2.45, 2.75) is 58.1 Å². The van der Waals surface area contributed by atoms with Crippen LogP contribution in [0.25, 0.3) is 0 Å². The number of nitrogens with zero attached hydrogens (tertiary/aromatic N) is 1. The van der Waals surface area contributed by atoms with Gasteiger partial charge in [-0.1, -0.05) is 25.4 Å². The topological polar surface area (TPSA) is 58.9 Å². The minimum atomic E-state index is 0.00366. The molecule has 2 unspecified atom stereocenters. The lowest BCUT2D eigenvalue weighted by Gasteiger charge is -2.25. The first kappa shape index (κ1) is 18.1. The Balaban J connectivity index is 2.90. The molecule has 0 aromatic heterocycles. The summed E-state index contributed by atoms with van der Waals surface area (Å²) in [5, 5.41) is 14.8. The summed E-state index contributed by atoms with van der Waals surface area (Å²) >= 11 is 1.79. The van der Waals surface area contributed by atoms with Gasteiger partial charge in [-0.3, -0.25) is 4.79 Å². The van der Waals surface area contributed by atoms with E-state index in [0.717, 1.165) is 12.8 Å². The molecular weight excluding hydrogens is 286 g/mol. The number of ketones is 1. The number of oxime groups is 1. The first-order chi connectivity index (χ1) is 10.0. The van der Waals surface area contributed by atoms with Gasteiger partial charge in [0.25, 0.3) is 0 Å². The number of allylic oxidation sites excluding steroid dienone is 2. The van der Waals surface area contributed by atoms with Crippen LogP contribution in [0.5, 0.6) is 0 Å². The Morgan fingerprint density at radius 3 is 2.71 bits per heavy atom. The highest BCUT2D eigenvalue weighted by atomic mass is 32.2. The Morgan fingerprint density at radius 1 is 1.48 bits per heavy atom. The van der Waals surface area contributed by atoms with Gasteiger partial charge in [0, 0.05) is 18.1 Å². The average Bonchev–Trinajstić information content (AvgIpc) is 2.43. The molecule has 0 aliphatic heterocycles. The number of carbonyl (C=O) groups excluding carboxylic acids is 1. The molecule has 1 aliphatic rings. The molecule has 21 heavy (non-hydrogen) atoms. The predicted octanol–water partition coefficient (Wildman–Crippen LogP) is 4.11. The van der Waals surface area contributed by atoms with Crippen molar-refractivity contribution in [3.8, 4) is 0 Å². The molecule has 0 bridgehead atoms. The zero-order valence-electron chi connectivity index (χ0n) is 13.5. The molecule has 0 aromatic carbocycles. The third kappa shape index (κ3) is 5.38. The number of hydrogen-bond acceptors (Lipinski definition) is 5. The SMILES string of the molecule is CCC/C(=N\OCC)C1=C(O)CC(CC(C)SC)CC1=O. The van der Waals surface area contributed by atoms with Gasteiger partial charge in [0.1, 0.15) is 12.4 Å². The molecule has 0 saturated carbocycles. The van der Waals surface area contributed by atoms with E-state index in [1.807, 2.05) is 13.8 Å². The van der Waals surface area contributed by atoms with E-state index in [4.69, 9.17) is 4.84 Å². The summed E-state index contributed by atoms with van der Waals surface area (Å²) in [4.78, 5) is 17.5. The van der Waals surface area contributed by atoms with Gasteiger partial charge in [0.15, 0.2) is 5.78 Å². The molecule has 4 nitrogen and oxygen atoms in total. The number of thioether (sulfide) groups is 1. The van der Waals surface area contributed by atoms with Crippen molar-refractivity contribution < 1.29 is 14.7 Å². The van der Waals surface area contributed by atoms with Crippen LogP contribution in [-0.2, 0) is 9.63 Å². The molecule has 1 N–H and O–H groups in total. The highest BCUT2D eigenvalue weighted by Crippen LogP contribution is 2.32. The lowest BCUT2D eigenvalue weighted by Crippen LogP contribution is -2.26. The molecule has 0 fully saturated rings.